The van der Waals surface area contributed by atoms with Gasteiger partial charge in [-0.05, 0) is 30.7 Å². The average molecular weight is 282 g/mol. The van der Waals surface area contributed by atoms with Crippen molar-refractivity contribution in [3.8, 4) is 0 Å². The molecule has 1 heterocycles. The lowest BCUT2D eigenvalue weighted by Crippen LogP contribution is -2.05. The molecule has 1 N–H and O–H groups in total. The van der Waals surface area contributed by atoms with Crippen LogP contribution in [0, 0.1) is 6.92 Å². The lowest BCUT2D eigenvalue weighted by molar-refractivity contribution is 0.177. The van der Waals surface area contributed by atoms with E-state index >= 15 is 0 Å². The SMILES string of the molecule is Cc1ncccc1C(O)Cc1ccc(Cl)cc1Cl. The molecule has 0 radical (unpaired) electrons. The van der Waals surface area contributed by atoms with E-state index in [0.717, 1.165) is 16.8 Å². The van der Waals surface area contributed by atoms with Gasteiger partial charge >= 0.3 is 0 Å². The van der Waals surface area contributed by atoms with Crippen molar-refractivity contribution in [2.45, 2.75) is 19.4 Å². The number of aromatic nitrogens is 1. The van der Waals surface area contributed by atoms with Gasteiger partial charge in [-0.3, -0.25) is 4.98 Å². The van der Waals surface area contributed by atoms with Gasteiger partial charge in [0.25, 0.3) is 0 Å². The van der Waals surface area contributed by atoms with Crippen LogP contribution in [0.4, 0.5) is 0 Å². The molecule has 1 aromatic carbocycles. The summed E-state index contributed by atoms with van der Waals surface area (Å²) in [5.41, 5.74) is 2.52. The van der Waals surface area contributed by atoms with Gasteiger partial charge in [-0.2, -0.15) is 0 Å². The molecule has 0 bridgehead atoms. The smallest absolute Gasteiger partial charge is 0.0848 e. The van der Waals surface area contributed by atoms with Crippen molar-refractivity contribution in [2.75, 3.05) is 0 Å². The highest BCUT2D eigenvalue weighted by molar-refractivity contribution is 6.35. The van der Waals surface area contributed by atoms with Crippen LogP contribution in [0.15, 0.2) is 36.5 Å². The zero-order chi connectivity index (χ0) is 13.1. The van der Waals surface area contributed by atoms with E-state index in [-0.39, 0.29) is 0 Å². The summed E-state index contributed by atoms with van der Waals surface area (Å²) in [7, 11) is 0. The van der Waals surface area contributed by atoms with Gasteiger partial charge in [-0.1, -0.05) is 35.3 Å². The van der Waals surface area contributed by atoms with Crippen LogP contribution in [0.3, 0.4) is 0 Å². The minimum absolute atomic E-state index is 0.447. The summed E-state index contributed by atoms with van der Waals surface area (Å²) in [4.78, 5) is 4.16. The summed E-state index contributed by atoms with van der Waals surface area (Å²) in [6.07, 6.45) is 1.54. The summed E-state index contributed by atoms with van der Waals surface area (Å²) >= 11 is 11.9. The lowest BCUT2D eigenvalue weighted by Gasteiger charge is -2.14. The van der Waals surface area contributed by atoms with Crippen molar-refractivity contribution in [2.24, 2.45) is 0 Å². The Kier molecular flexibility index (Phi) is 4.23. The first kappa shape index (κ1) is 13.3. The Balaban J connectivity index is 2.21. The second kappa shape index (κ2) is 5.70. The van der Waals surface area contributed by atoms with Gasteiger partial charge in [-0.15, -0.1) is 0 Å². The molecule has 2 nitrogen and oxygen atoms in total. The Bertz CT molecular complexity index is 557. The molecular weight excluding hydrogens is 269 g/mol. The van der Waals surface area contributed by atoms with E-state index in [1.54, 1.807) is 18.3 Å². The van der Waals surface area contributed by atoms with Crippen molar-refractivity contribution < 1.29 is 5.11 Å². The van der Waals surface area contributed by atoms with Gasteiger partial charge in [0.05, 0.1) is 6.10 Å². The Morgan fingerprint density at radius 3 is 2.72 bits per heavy atom. The van der Waals surface area contributed by atoms with Crippen molar-refractivity contribution in [1.82, 2.24) is 4.98 Å². The number of aliphatic hydroxyl groups excluding tert-OH is 1. The normalized spacial score (nSPS) is 12.4. The van der Waals surface area contributed by atoms with Crippen LogP contribution in [-0.2, 0) is 6.42 Å². The molecule has 2 aromatic rings. The maximum atomic E-state index is 10.2. The van der Waals surface area contributed by atoms with Gasteiger partial charge in [0.15, 0.2) is 0 Å². The van der Waals surface area contributed by atoms with Crippen LogP contribution in [-0.4, -0.2) is 10.1 Å². The lowest BCUT2D eigenvalue weighted by atomic mass is 10.0. The Morgan fingerprint density at radius 2 is 2.06 bits per heavy atom. The average Bonchev–Trinajstić information content (AvgIpc) is 2.33. The minimum Gasteiger partial charge on any atom is -0.388 e. The van der Waals surface area contributed by atoms with Crippen molar-refractivity contribution in [1.29, 1.82) is 0 Å². The highest BCUT2D eigenvalue weighted by atomic mass is 35.5. The summed E-state index contributed by atoms with van der Waals surface area (Å²) in [5.74, 6) is 0. The quantitative estimate of drug-likeness (QED) is 0.923. The zero-order valence-corrected chi connectivity index (χ0v) is 11.4. The molecule has 4 heteroatoms. The molecule has 2 rings (SSSR count). The Morgan fingerprint density at radius 1 is 1.28 bits per heavy atom. The number of hydrogen-bond donors (Lipinski definition) is 1. The molecule has 0 fully saturated rings. The third-order valence-electron chi connectivity index (χ3n) is 2.84. The summed E-state index contributed by atoms with van der Waals surface area (Å²) in [5, 5.41) is 11.4. The van der Waals surface area contributed by atoms with E-state index in [9.17, 15) is 5.11 Å². The molecule has 0 aliphatic heterocycles. The maximum Gasteiger partial charge on any atom is 0.0848 e. The van der Waals surface area contributed by atoms with Crippen molar-refractivity contribution in [3.63, 3.8) is 0 Å². The molecule has 18 heavy (non-hydrogen) atoms. The first-order valence-electron chi connectivity index (χ1n) is 5.61. The molecule has 1 unspecified atom stereocenters. The van der Waals surface area contributed by atoms with E-state index in [4.69, 9.17) is 23.2 Å². The van der Waals surface area contributed by atoms with Gasteiger partial charge in [-0.25, -0.2) is 0 Å². The third kappa shape index (κ3) is 3.02. The highest BCUT2D eigenvalue weighted by Gasteiger charge is 2.13. The van der Waals surface area contributed by atoms with Crippen LogP contribution in [0.1, 0.15) is 22.9 Å². The number of aliphatic hydroxyl groups is 1. The molecule has 0 spiro atoms. The number of benzene rings is 1. The molecule has 0 aliphatic carbocycles. The van der Waals surface area contributed by atoms with Gasteiger partial charge in [0.1, 0.15) is 0 Å². The fourth-order valence-electron chi connectivity index (χ4n) is 1.85. The van der Waals surface area contributed by atoms with Crippen LogP contribution >= 0.6 is 23.2 Å². The van der Waals surface area contributed by atoms with Crippen LogP contribution in [0.5, 0.6) is 0 Å². The third-order valence-corrected chi connectivity index (χ3v) is 3.42. The summed E-state index contributed by atoms with van der Waals surface area (Å²) < 4.78 is 0. The number of nitrogens with zero attached hydrogens (tertiary/aromatic N) is 1. The number of aryl methyl sites for hydroxylation is 1. The number of halogens is 2. The highest BCUT2D eigenvalue weighted by Crippen LogP contribution is 2.26. The van der Waals surface area contributed by atoms with Crippen molar-refractivity contribution in [3.05, 3.63) is 63.4 Å². The van der Waals surface area contributed by atoms with E-state index < -0.39 is 6.10 Å². The predicted molar refractivity (Wildman–Crippen MR) is 74.1 cm³/mol. The summed E-state index contributed by atoms with van der Waals surface area (Å²) in [6, 6.07) is 8.97. The van der Waals surface area contributed by atoms with Gasteiger partial charge < -0.3 is 5.11 Å². The molecule has 1 atom stereocenters. The first-order chi connectivity index (χ1) is 8.58. The standard InChI is InChI=1S/C14H13Cl2NO/c1-9-12(3-2-6-17-9)14(18)7-10-4-5-11(15)8-13(10)16/h2-6,8,14,18H,7H2,1H3. The Labute approximate surface area is 116 Å². The fourth-order valence-corrected chi connectivity index (χ4v) is 2.34. The van der Waals surface area contributed by atoms with Crippen LogP contribution in [0.25, 0.3) is 0 Å². The van der Waals surface area contributed by atoms with E-state index in [1.165, 1.54) is 0 Å². The van der Waals surface area contributed by atoms with Crippen molar-refractivity contribution >= 4 is 23.2 Å². The molecule has 0 aliphatic rings. The fraction of sp³-hybridized carbons (Fsp3) is 0.214. The van der Waals surface area contributed by atoms with Crippen LogP contribution in [0.2, 0.25) is 10.0 Å². The second-order valence-electron chi connectivity index (χ2n) is 4.13. The molecule has 0 saturated carbocycles. The van der Waals surface area contributed by atoms with E-state index in [0.29, 0.717) is 16.5 Å². The zero-order valence-electron chi connectivity index (χ0n) is 9.90. The minimum atomic E-state index is -0.614. The topological polar surface area (TPSA) is 33.1 Å². The number of rotatable bonds is 3. The number of hydrogen-bond acceptors (Lipinski definition) is 2. The van der Waals surface area contributed by atoms with Crippen LogP contribution < -0.4 is 0 Å². The summed E-state index contributed by atoms with van der Waals surface area (Å²) in [6.45, 7) is 1.88. The van der Waals surface area contributed by atoms with E-state index in [1.807, 2.05) is 25.1 Å². The second-order valence-corrected chi connectivity index (χ2v) is 4.98. The molecular formula is C14H13Cl2NO. The van der Waals surface area contributed by atoms with Gasteiger partial charge in [0, 0.05) is 33.9 Å². The maximum absolute atomic E-state index is 10.2. The van der Waals surface area contributed by atoms with Gasteiger partial charge in [0.2, 0.25) is 0 Å². The number of pyridine rings is 1. The Hall–Kier alpha value is -1.09. The molecule has 1 aromatic heterocycles. The molecule has 94 valence electrons. The monoisotopic (exact) mass is 281 g/mol. The molecule has 0 saturated heterocycles. The molecule has 0 amide bonds. The largest absolute Gasteiger partial charge is 0.388 e. The first-order valence-corrected chi connectivity index (χ1v) is 6.37. The predicted octanol–water partition coefficient (Wildman–Crippen LogP) is 3.97. The van der Waals surface area contributed by atoms with E-state index in [2.05, 4.69) is 4.98 Å².